The molecule has 3 aromatic carbocycles. The minimum Gasteiger partial charge on any atom is -0.494 e. The summed E-state index contributed by atoms with van der Waals surface area (Å²) in [5.74, 6) is 1.81. The van der Waals surface area contributed by atoms with Crippen molar-refractivity contribution in [3.05, 3.63) is 78.9 Å². The molecule has 1 saturated heterocycles. The fraction of sp³-hybridized carbons (Fsp3) is 0.296. The van der Waals surface area contributed by atoms with Crippen molar-refractivity contribution >= 4 is 16.7 Å². The summed E-state index contributed by atoms with van der Waals surface area (Å²) in [6, 6.07) is 27.0. The van der Waals surface area contributed by atoms with E-state index < -0.39 is 0 Å². The molecule has 0 radical (unpaired) electrons. The van der Waals surface area contributed by atoms with Gasteiger partial charge in [-0.2, -0.15) is 0 Å². The monoisotopic (exact) mass is 426 g/mol. The Bertz CT molecular complexity index is 1080. The quantitative estimate of drug-likeness (QED) is 0.393. The highest BCUT2D eigenvalue weighted by Gasteiger charge is 2.16. The maximum Gasteiger partial charge on any atom is 0.138 e. The Kier molecular flexibility index (Phi) is 6.35. The third kappa shape index (κ3) is 4.94. The SMILES string of the molecule is c1ccc(N2CCN(CCCCOc3ccc(-c4nc5ccccc5[nH]4)cc3)CC2)cc1. The normalized spacial score (nSPS) is 14.7. The van der Waals surface area contributed by atoms with E-state index in [4.69, 9.17) is 4.74 Å². The number of hydrogen-bond acceptors (Lipinski definition) is 4. The van der Waals surface area contributed by atoms with Crippen LogP contribution < -0.4 is 9.64 Å². The Hall–Kier alpha value is -3.31. The first kappa shape index (κ1) is 20.6. The second-order valence-corrected chi connectivity index (χ2v) is 8.35. The van der Waals surface area contributed by atoms with Gasteiger partial charge < -0.3 is 14.6 Å². The number of nitrogens with zero attached hydrogens (tertiary/aromatic N) is 3. The molecule has 0 bridgehead atoms. The van der Waals surface area contributed by atoms with E-state index in [9.17, 15) is 0 Å². The van der Waals surface area contributed by atoms with E-state index in [0.717, 1.165) is 73.9 Å². The van der Waals surface area contributed by atoms with Gasteiger partial charge in [0, 0.05) is 37.4 Å². The summed E-state index contributed by atoms with van der Waals surface area (Å²) in [7, 11) is 0. The van der Waals surface area contributed by atoms with Crippen molar-refractivity contribution in [2.24, 2.45) is 0 Å². The predicted octanol–water partition coefficient (Wildman–Crippen LogP) is 5.21. The molecule has 4 aromatic rings. The summed E-state index contributed by atoms with van der Waals surface area (Å²) in [5, 5.41) is 0. The number of H-pyrrole nitrogens is 1. The third-order valence-corrected chi connectivity index (χ3v) is 6.15. The molecule has 5 heteroatoms. The van der Waals surface area contributed by atoms with Gasteiger partial charge in [0.1, 0.15) is 11.6 Å². The molecule has 0 unspecified atom stereocenters. The Labute approximate surface area is 189 Å². The highest BCUT2D eigenvalue weighted by molar-refractivity contribution is 5.79. The largest absolute Gasteiger partial charge is 0.494 e. The van der Waals surface area contributed by atoms with Crippen LogP contribution in [-0.4, -0.2) is 54.2 Å². The first-order valence-corrected chi connectivity index (χ1v) is 11.6. The number of rotatable bonds is 8. The number of aromatic nitrogens is 2. The third-order valence-electron chi connectivity index (χ3n) is 6.15. The van der Waals surface area contributed by atoms with E-state index in [1.54, 1.807) is 0 Å². The molecule has 1 N–H and O–H groups in total. The van der Waals surface area contributed by atoms with E-state index in [0.29, 0.717) is 0 Å². The summed E-state index contributed by atoms with van der Waals surface area (Å²) >= 11 is 0. The number of benzene rings is 3. The summed E-state index contributed by atoms with van der Waals surface area (Å²) < 4.78 is 5.96. The van der Waals surface area contributed by atoms with Crippen molar-refractivity contribution in [1.29, 1.82) is 0 Å². The summed E-state index contributed by atoms with van der Waals surface area (Å²) in [4.78, 5) is 13.1. The number of nitrogens with one attached hydrogen (secondary N) is 1. The van der Waals surface area contributed by atoms with E-state index >= 15 is 0 Å². The number of para-hydroxylation sites is 3. The molecule has 1 aliphatic heterocycles. The van der Waals surface area contributed by atoms with Crippen LogP contribution in [0.2, 0.25) is 0 Å². The van der Waals surface area contributed by atoms with Gasteiger partial charge in [0.25, 0.3) is 0 Å². The van der Waals surface area contributed by atoms with Gasteiger partial charge in [-0.3, -0.25) is 4.90 Å². The molecule has 1 aliphatic rings. The van der Waals surface area contributed by atoms with Gasteiger partial charge in [-0.15, -0.1) is 0 Å². The average molecular weight is 427 g/mol. The molecule has 0 aliphatic carbocycles. The minimum atomic E-state index is 0.758. The van der Waals surface area contributed by atoms with E-state index in [2.05, 4.69) is 62.2 Å². The summed E-state index contributed by atoms with van der Waals surface area (Å²) in [6.07, 6.45) is 2.24. The van der Waals surface area contributed by atoms with Gasteiger partial charge in [0.15, 0.2) is 0 Å². The van der Waals surface area contributed by atoms with Crippen molar-refractivity contribution in [3.8, 4) is 17.1 Å². The lowest BCUT2D eigenvalue weighted by molar-refractivity contribution is 0.238. The number of aromatic amines is 1. The van der Waals surface area contributed by atoms with Crippen molar-refractivity contribution in [3.63, 3.8) is 0 Å². The lowest BCUT2D eigenvalue weighted by atomic mass is 10.2. The predicted molar refractivity (Wildman–Crippen MR) is 131 cm³/mol. The van der Waals surface area contributed by atoms with Crippen LogP contribution in [0.4, 0.5) is 5.69 Å². The maximum atomic E-state index is 5.96. The Balaban J connectivity index is 1.02. The highest BCUT2D eigenvalue weighted by Crippen LogP contribution is 2.23. The fourth-order valence-electron chi connectivity index (χ4n) is 4.29. The van der Waals surface area contributed by atoms with Gasteiger partial charge in [-0.1, -0.05) is 30.3 Å². The highest BCUT2D eigenvalue weighted by atomic mass is 16.5. The van der Waals surface area contributed by atoms with Crippen LogP contribution in [0.15, 0.2) is 78.9 Å². The minimum absolute atomic E-state index is 0.758. The maximum absolute atomic E-state index is 5.96. The molecular formula is C27H30N4O. The summed E-state index contributed by atoms with van der Waals surface area (Å²) in [6.45, 7) is 6.40. The van der Waals surface area contributed by atoms with Crippen molar-refractivity contribution in [2.45, 2.75) is 12.8 Å². The number of fused-ring (bicyclic) bond motifs is 1. The Morgan fingerprint density at radius 1 is 0.781 bits per heavy atom. The van der Waals surface area contributed by atoms with Crippen LogP contribution in [0.5, 0.6) is 5.75 Å². The summed E-state index contributed by atoms with van der Waals surface area (Å²) in [5.41, 5.74) is 4.46. The van der Waals surface area contributed by atoms with Crippen LogP contribution in [0, 0.1) is 0 Å². The number of unbranched alkanes of at least 4 members (excludes halogenated alkanes) is 1. The van der Waals surface area contributed by atoms with Crippen LogP contribution in [0.1, 0.15) is 12.8 Å². The van der Waals surface area contributed by atoms with Crippen LogP contribution in [0.25, 0.3) is 22.4 Å². The molecule has 1 aromatic heterocycles. The first-order valence-electron chi connectivity index (χ1n) is 11.6. The van der Waals surface area contributed by atoms with Crippen molar-refractivity contribution in [2.75, 3.05) is 44.2 Å². The van der Waals surface area contributed by atoms with Gasteiger partial charge in [-0.25, -0.2) is 4.98 Å². The Morgan fingerprint density at radius 2 is 1.53 bits per heavy atom. The van der Waals surface area contributed by atoms with Crippen LogP contribution in [0.3, 0.4) is 0 Å². The lowest BCUT2D eigenvalue weighted by Gasteiger charge is -2.36. The molecular weight excluding hydrogens is 396 g/mol. The molecule has 0 spiro atoms. The molecule has 5 nitrogen and oxygen atoms in total. The molecule has 0 amide bonds. The molecule has 0 saturated carbocycles. The number of hydrogen-bond donors (Lipinski definition) is 1. The number of imidazole rings is 1. The molecule has 0 atom stereocenters. The van der Waals surface area contributed by atoms with Crippen molar-refractivity contribution in [1.82, 2.24) is 14.9 Å². The number of piperazine rings is 1. The molecule has 2 heterocycles. The van der Waals surface area contributed by atoms with E-state index in [1.807, 2.05) is 36.4 Å². The van der Waals surface area contributed by atoms with Gasteiger partial charge in [0.2, 0.25) is 0 Å². The lowest BCUT2D eigenvalue weighted by Crippen LogP contribution is -2.46. The zero-order chi connectivity index (χ0) is 21.6. The molecule has 32 heavy (non-hydrogen) atoms. The smallest absolute Gasteiger partial charge is 0.138 e. The van der Waals surface area contributed by atoms with E-state index in [-0.39, 0.29) is 0 Å². The van der Waals surface area contributed by atoms with Gasteiger partial charge in [-0.05, 0) is 67.9 Å². The van der Waals surface area contributed by atoms with Crippen LogP contribution >= 0.6 is 0 Å². The molecule has 1 fully saturated rings. The first-order chi connectivity index (χ1) is 15.8. The second-order valence-electron chi connectivity index (χ2n) is 8.35. The average Bonchev–Trinajstić information content (AvgIpc) is 3.30. The number of anilines is 1. The molecule has 5 rings (SSSR count). The van der Waals surface area contributed by atoms with E-state index in [1.165, 1.54) is 12.1 Å². The standard InChI is InChI=1S/C27H30N4O/c1-2-8-23(9-3-1)31-19-17-30(18-20-31)16-6-7-21-32-24-14-12-22(13-15-24)27-28-25-10-4-5-11-26(25)29-27/h1-5,8-15H,6-7,16-21H2,(H,28,29). The van der Waals surface area contributed by atoms with Crippen LogP contribution in [-0.2, 0) is 0 Å². The molecule has 164 valence electrons. The second kappa shape index (κ2) is 9.88. The number of ether oxygens (including phenoxy) is 1. The Morgan fingerprint density at radius 3 is 2.31 bits per heavy atom. The topological polar surface area (TPSA) is 44.4 Å². The van der Waals surface area contributed by atoms with Gasteiger partial charge in [0.05, 0.1) is 17.6 Å². The van der Waals surface area contributed by atoms with Crippen molar-refractivity contribution < 1.29 is 4.74 Å². The zero-order valence-electron chi connectivity index (χ0n) is 18.4. The zero-order valence-corrected chi connectivity index (χ0v) is 18.4. The van der Waals surface area contributed by atoms with Gasteiger partial charge >= 0.3 is 0 Å². The fourth-order valence-corrected chi connectivity index (χ4v) is 4.29.